The number of rotatable bonds is 4. The molecule has 0 saturated carbocycles. The van der Waals surface area contributed by atoms with Crippen LogP contribution in [-0.4, -0.2) is 10.9 Å². The predicted molar refractivity (Wildman–Crippen MR) is 97.3 cm³/mol. The van der Waals surface area contributed by atoms with Crippen LogP contribution in [0.15, 0.2) is 35.7 Å². The summed E-state index contributed by atoms with van der Waals surface area (Å²) in [6.45, 7) is 6.55. The fourth-order valence-corrected chi connectivity index (χ4v) is 4.01. The number of nitrogens with one attached hydrogen (secondary N) is 1. The van der Waals surface area contributed by atoms with Crippen LogP contribution in [0.25, 0.3) is 10.6 Å². The highest BCUT2D eigenvalue weighted by Crippen LogP contribution is 2.29. The zero-order valence-electron chi connectivity index (χ0n) is 13.3. The zero-order chi connectivity index (χ0) is 16.4. The summed E-state index contributed by atoms with van der Waals surface area (Å²) in [6, 6.07) is 10.0. The largest absolute Gasteiger partial charge is 0.347 e. The lowest BCUT2D eigenvalue weighted by molar-refractivity contribution is 0.0950. The SMILES string of the molecule is Cc1ccc(C(=O)NCc2ccc(-c3csc(C)n3)s2)c(C)c1. The van der Waals surface area contributed by atoms with Gasteiger partial charge in [0.2, 0.25) is 0 Å². The topological polar surface area (TPSA) is 42.0 Å². The fraction of sp³-hybridized carbons (Fsp3) is 0.222. The Morgan fingerprint density at radius 1 is 1.17 bits per heavy atom. The molecule has 2 aromatic heterocycles. The number of nitrogens with zero attached hydrogens (tertiary/aromatic N) is 1. The number of benzene rings is 1. The van der Waals surface area contributed by atoms with Gasteiger partial charge in [-0.05, 0) is 44.5 Å². The van der Waals surface area contributed by atoms with Crippen molar-refractivity contribution in [3.63, 3.8) is 0 Å². The molecule has 5 heteroatoms. The van der Waals surface area contributed by atoms with E-state index in [1.807, 2.05) is 39.0 Å². The highest BCUT2D eigenvalue weighted by atomic mass is 32.1. The molecule has 0 atom stereocenters. The first-order valence-electron chi connectivity index (χ1n) is 7.39. The van der Waals surface area contributed by atoms with Crippen LogP contribution in [0, 0.1) is 20.8 Å². The lowest BCUT2D eigenvalue weighted by Gasteiger charge is -2.07. The number of hydrogen-bond donors (Lipinski definition) is 1. The number of carbonyl (C=O) groups is 1. The summed E-state index contributed by atoms with van der Waals surface area (Å²) in [5.41, 5.74) is 3.93. The van der Waals surface area contributed by atoms with Gasteiger partial charge in [0, 0.05) is 15.8 Å². The highest BCUT2D eigenvalue weighted by molar-refractivity contribution is 7.16. The Bertz CT molecular complexity index is 848. The van der Waals surface area contributed by atoms with Crippen LogP contribution < -0.4 is 5.32 Å². The maximum absolute atomic E-state index is 12.3. The van der Waals surface area contributed by atoms with Crippen LogP contribution in [0.3, 0.4) is 0 Å². The van der Waals surface area contributed by atoms with E-state index in [-0.39, 0.29) is 5.91 Å². The van der Waals surface area contributed by atoms with Gasteiger partial charge in [0.25, 0.3) is 5.91 Å². The van der Waals surface area contributed by atoms with Gasteiger partial charge in [-0.15, -0.1) is 22.7 Å². The average molecular weight is 342 g/mol. The number of aromatic nitrogens is 1. The second-order valence-electron chi connectivity index (χ2n) is 5.52. The summed E-state index contributed by atoms with van der Waals surface area (Å²) in [6.07, 6.45) is 0. The number of carbonyl (C=O) groups excluding carboxylic acids is 1. The maximum atomic E-state index is 12.3. The van der Waals surface area contributed by atoms with E-state index in [9.17, 15) is 4.79 Å². The molecule has 1 aromatic carbocycles. The monoisotopic (exact) mass is 342 g/mol. The second kappa shape index (κ2) is 6.64. The third-order valence-corrected chi connectivity index (χ3v) is 5.46. The van der Waals surface area contributed by atoms with Gasteiger partial charge in [0.05, 0.1) is 22.1 Å². The molecule has 118 valence electrons. The van der Waals surface area contributed by atoms with E-state index >= 15 is 0 Å². The van der Waals surface area contributed by atoms with Crippen molar-refractivity contribution in [2.24, 2.45) is 0 Å². The molecule has 0 saturated heterocycles. The molecule has 23 heavy (non-hydrogen) atoms. The molecule has 3 aromatic rings. The van der Waals surface area contributed by atoms with Crippen molar-refractivity contribution in [3.05, 3.63) is 62.3 Å². The molecule has 0 aliphatic rings. The first kappa shape index (κ1) is 15.9. The van der Waals surface area contributed by atoms with E-state index in [0.717, 1.165) is 31.6 Å². The van der Waals surface area contributed by atoms with Crippen molar-refractivity contribution >= 4 is 28.6 Å². The third-order valence-electron chi connectivity index (χ3n) is 3.58. The van der Waals surface area contributed by atoms with Gasteiger partial charge < -0.3 is 5.32 Å². The summed E-state index contributed by atoms with van der Waals surface area (Å²) in [5.74, 6) is -0.0260. The van der Waals surface area contributed by atoms with Gasteiger partial charge in [0.1, 0.15) is 0 Å². The van der Waals surface area contributed by atoms with Crippen molar-refractivity contribution in [2.75, 3.05) is 0 Å². The van der Waals surface area contributed by atoms with Crippen LogP contribution in [0.4, 0.5) is 0 Å². The highest BCUT2D eigenvalue weighted by Gasteiger charge is 2.10. The molecule has 0 bridgehead atoms. The molecule has 0 aliphatic carbocycles. The molecule has 3 nitrogen and oxygen atoms in total. The average Bonchev–Trinajstić information content (AvgIpc) is 3.13. The molecule has 0 fully saturated rings. The third kappa shape index (κ3) is 3.68. The first-order valence-corrected chi connectivity index (χ1v) is 9.09. The minimum Gasteiger partial charge on any atom is -0.347 e. The molecule has 1 N–H and O–H groups in total. The van der Waals surface area contributed by atoms with Crippen LogP contribution in [0.2, 0.25) is 0 Å². The van der Waals surface area contributed by atoms with E-state index in [1.54, 1.807) is 22.7 Å². The Kier molecular flexibility index (Phi) is 4.59. The zero-order valence-corrected chi connectivity index (χ0v) is 15.0. The Morgan fingerprint density at radius 2 is 2.00 bits per heavy atom. The Labute approximate surface area is 144 Å². The molecular formula is C18H18N2OS2. The molecule has 0 radical (unpaired) electrons. The summed E-state index contributed by atoms with van der Waals surface area (Å²) < 4.78 is 0. The molecule has 3 rings (SSSR count). The molecule has 1 amide bonds. The van der Waals surface area contributed by atoms with E-state index in [4.69, 9.17) is 0 Å². The van der Waals surface area contributed by atoms with Gasteiger partial charge in [0.15, 0.2) is 0 Å². The lowest BCUT2D eigenvalue weighted by atomic mass is 10.1. The quantitative estimate of drug-likeness (QED) is 0.745. The Morgan fingerprint density at radius 3 is 2.70 bits per heavy atom. The van der Waals surface area contributed by atoms with E-state index < -0.39 is 0 Å². The van der Waals surface area contributed by atoms with Gasteiger partial charge >= 0.3 is 0 Å². The molecular weight excluding hydrogens is 324 g/mol. The number of hydrogen-bond acceptors (Lipinski definition) is 4. The molecule has 2 heterocycles. The first-order chi connectivity index (χ1) is 11.0. The number of thiazole rings is 1. The van der Waals surface area contributed by atoms with E-state index in [0.29, 0.717) is 6.54 Å². The maximum Gasteiger partial charge on any atom is 0.251 e. The molecule has 0 spiro atoms. The van der Waals surface area contributed by atoms with Crippen molar-refractivity contribution in [2.45, 2.75) is 27.3 Å². The number of thiophene rings is 1. The van der Waals surface area contributed by atoms with Crippen molar-refractivity contribution in [1.29, 1.82) is 0 Å². The summed E-state index contributed by atoms with van der Waals surface area (Å²) >= 11 is 3.33. The number of aryl methyl sites for hydroxylation is 3. The van der Waals surface area contributed by atoms with E-state index in [1.165, 1.54) is 5.56 Å². The minimum absolute atomic E-state index is 0.0260. The van der Waals surface area contributed by atoms with Crippen molar-refractivity contribution in [3.8, 4) is 10.6 Å². The van der Waals surface area contributed by atoms with Gasteiger partial charge in [-0.3, -0.25) is 4.79 Å². The lowest BCUT2D eigenvalue weighted by Crippen LogP contribution is -2.23. The second-order valence-corrected chi connectivity index (χ2v) is 7.75. The van der Waals surface area contributed by atoms with Crippen LogP contribution in [0.5, 0.6) is 0 Å². The van der Waals surface area contributed by atoms with Gasteiger partial charge in [-0.2, -0.15) is 0 Å². The van der Waals surface area contributed by atoms with Crippen LogP contribution >= 0.6 is 22.7 Å². The van der Waals surface area contributed by atoms with Crippen LogP contribution in [0.1, 0.15) is 31.4 Å². The summed E-state index contributed by atoms with van der Waals surface area (Å²) in [7, 11) is 0. The summed E-state index contributed by atoms with van der Waals surface area (Å²) in [5, 5.41) is 6.14. The number of amides is 1. The van der Waals surface area contributed by atoms with Crippen LogP contribution in [-0.2, 0) is 6.54 Å². The smallest absolute Gasteiger partial charge is 0.251 e. The predicted octanol–water partition coefficient (Wildman–Crippen LogP) is 4.73. The fourth-order valence-electron chi connectivity index (χ4n) is 2.42. The minimum atomic E-state index is -0.0260. The summed E-state index contributed by atoms with van der Waals surface area (Å²) in [4.78, 5) is 19.1. The standard InChI is InChI=1S/C18H18N2OS2/c1-11-4-6-15(12(2)8-11)18(21)19-9-14-5-7-17(23-14)16-10-22-13(3)20-16/h4-8,10H,9H2,1-3H3,(H,19,21). The molecule has 0 unspecified atom stereocenters. The van der Waals surface area contributed by atoms with Gasteiger partial charge in [-0.1, -0.05) is 17.7 Å². The van der Waals surface area contributed by atoms with Crippen molar-refractivity contribution < 1.29 is 4.79 Å². The normalized spacial score (nSPS) is 10.7. The van der Waals surface area contributed by atoms with E-state index in [2.05, 4.69) is 27.8 Å². The Hall–Kier alpha value is -1.98. The van der Waals surface area contributed by atoms with Gasteiger partial charge in [-0.25, -0.2) is 4.98 Å². The molecule has 0 aliphatic heterocycles. The van der Waals surface area contributed by atoms with Crippen molar-refractivity contribution in [1.82, 2.24) is 10.3 Å². The Balaban J connectivity index is 1.66.